The number of carbonyl (C=O) groups is 1. The van der Waals surface area contributed by atoms with Gasteiger partial charge in [-0.3, -0.25) is 4.79 Å². The number of thioether (sulfide) groups is 1. The van der Waals surface area contributed by atoms with Crippen LogP contribution in [0.25, 0.3) is 11.0 Å². The van der Waals surface area contributed by atoms with Crippen molar-refractivity contribution in [1.29, 1.82) is 0 Å². The van der Waals surface area contributed by atoms with Crippen LogP contribution >= 0.6 is 11.8 Å². The van der Waals surface area contributed by atoms with Gasteiger partial charge in [-0.15, -0.1) is 0 Å². The van der Waals surface area contributed by atoms with E-state index >= 15 is 0 Å². The number of para-hydroxylation sites is 2. The summed E-state index contributed by atoms with van der Waals surface area (Å²) in [4.78, 5) is 16.9. The van der Waals surface area contributed by atoms with E-state index < -0.39 is 5.60 Å². The Morgan fingerprint density at radius 1 is 1.35 bits per heavy atom. The molecule has 0 unspecified atom stereocenters. The first-order valence-corrected chi connectivity index (χ1v) is 9.34. The summed E-state index contributed by atoms with van der Waals surface area (Å²) in [6.07, 6.45) is 3.26. The summed E-state index contributed by atoms with van der Waals surface area (Å²) in [5, 5.41) is 13.1. The van der Waals surface area contributed by atoms with Crippen LogP contribution in [-0.4, -0.2) is 39.0 Å². The van der Waals surface area contributed by atoms with E-state index in [-0.39, 0.29) is 19.0 Å². The molecule has 2 N–H and O–H groups in total. The average Bonchev–Trinajstić information content (AvgIpc) is 2.91. The Balaban J connectivity index is 2.14. The van der Waals surface area contributed by atoms with Crippen LogP contribution in [0.1, 0.15) is 32.5 Å². The second-order valence-corrected chi connectivity index (χ2v) is 6.61. The fourth-order valence-corrected chi connectivity index (χ4v) is 2.98. The largest absolute Gasteiger partial charge is 0.388 e. The van der Waals surface area contributed by atoms with E-state index in [1.165, 1.54) is 0 Å². The molecule has 2 rings (SSSR count). The van der Waals surface area contributed by atoms with E-state index in [4.69, 9.17) is 0 Å². The van der Waals surface area contributed by atoms with Crippen molar-refractivity contribution in [2.24, 2.45) is 0 Å². The van der Waals surface area contributed by atoms with Crippen molar-refractivity contribution in [1.82, 2.24) is 14.9 Å². The SMILES string of the molecule is CCC(O)(CC)CNC(=O)Cn1c(CSC)nc2ccccc21. The Labute approximate surface area is 141 Å². The number of nitrogens with one attached hydrogen (secondary N) is 1. The highest BCUT2D eigenvalue weighted by Crippen LogP contribution is 2.19. The molecule has 0 aliphatic carbocycles. The third kappa shape index (κ3) is 4.26. The second kappa shape index (κ2) is 7.84. The fourth-order valence-electron chi connectivity index (χ4n) is 2.50. The van der Waals surface area contributed by atoms with Crippen LogP contribution in [0.5, 0.6) is 0 Å². The third-order valence-electron chi connectivity index (χ3n) is 4.24. The van der Waals surface area contributed by atoms with Crippen LogP contribution in [0.15, 0.2) is 24.3 Å². The molecule has 0 saturated heterocycles. The molecule has 6 heteroatoms. The Morgan fingerprint density at radius 3 is 2.70 bits per heavy atom. The van der Waals surface area contributed by atoms with Crippen molar-refractivity contribution >= 4 is 28.7 Å². The number of fused-ring (bicyclic) bond motifs is 1. The highest BCUT2D eigenvalue weighted by Gasteiger charge is 2.23. The highest BCUT2D eigenvalue weighted by molar-refractivity contribution is 7.97. The van der Waals surface area contributed by atoms with Crippen LogP contribution in [-0.2, 0) is 17.1 Å². The number of hydrogen-bond acceptors (Lipinski definition) is 4. The summed E-state index contributed by atoms with van der Waals surface area (Å²) in [6, 6.07) is 7.84. The maximum Gasteiger partial charge on any atom is 0.240 e. The van der Waals surface area contributed by atoms with Crippen LogP contribution in [0, 0.1) is 0 Å². The first-order chi connectivity index (χ1) is 11.0. The molecule has 0 atom stereocenters. The zero-order chi connectivity index (χ0) is 16.9. The van der Waals surface area contributed by atoms with E-state index in [0.717, 1.165) is 22.6 Å². The van der Waals surface area contributed by atoms with Gasteiger partial charge in [-0.2, -0.15) is 11.8 Å². The molecule has 1 amide bonds. The van der Waals surface area contributed by atoms with Crippen LogP contribution in [0.2, 0.25) is 0 Å². The van der Waals surface area contributed by atoms with E-state index in [2.05, 4.69) is 10.3 Å². The number of aromatic nitrogens is 2. The Morgan fingerprint density at radius 2 is 2.04 bits per heavy atom. The topological polar surface area (TPSA) is 67.2 Å². The smallest absolute Gasteiger partial charge is 0.240 e. The lowest BCUT2D eigenvalue weighted by Gasteiger charge is -2.25. The zero-order valence-electron chi connectivity index (χ0n) is 14.0. The molecule has 1 aromatic heterocycles. The Hall–Kier alpha value is -1.53. The minimum Gasteiger partial charge on any atom is -0.388 e. The summed E-state index contributed by atoms with van der Waals surface area (Å²) in [6.45, 7) is 4.36. The minimum atomic E-state index is -0.825. The molecule has 23 heavy (non-hydrogen) atoms. The lowest BCUT2D eigenvalue weighted by Crippen LogP contribution is -2.43. The van der Waals surface area contributed by atoms with Crippen LogP contribution < -0.4 is 5.32 Å². The van der Waals surface area contributed by atoms with E-state index in [1.54, 1.807) is 11.8 Å². The lowest BCUT2D eigenvalue weighted by molar-refractivity contribution is -0.123. The Kier molecular flexibility index (Phi) is 6.07. The maximum atomic E-state index is 12.3. The van der Waals surface area contributed by atoms with Gasteiger partial charge in [-0.1, -0.05) is 26.0 Å². The summed E-state index contributed by atoms with van der Waals surface area (Å²) in [5.41, 5.74) is 1.05. The van der Waals surface area contributed by atoms with Gasteiger partial charge in [0.2, 0.25) is 5.91 Å². The van der Waals surface area contributed by atoms with Crippen molar-refractivity contribution in [3.05, 3.63) is 30.1 Å². The molecule has 2 aromatic rings. The fraction of sp³-hybridized carbons (Fsp3) is 0.529. The normalized spacial score (nSPS) is 11.8. The van der Waals surface area contributed by atoms with Crippen molar-refractivity contribution in [3.8, 4) is 0 Å². The van der Waals surface area contributed by atoms with Crippen molar-refractivity contribution in [2.45, 2.75) is 44.6 Å². The van der Waals surface area contributed by atoms with Gasteiger partial charge in [0, 0.05) is 6.54 Å². The molecule has 0 bridgehead atoms. The molecule has 0 radical (unpaired) electrons. The number of aliphatic hydroxyl groups is 1. The molecule has 0 spiro atoms. The van der Waals surface area contributed by atoms with Crippen molar-refractivity contribution in [2.75, 3.05) is 12.8 Å². The van der Waals surface area contributed by atoms with Gasteiger partial charge in [0.1, 0.15) is 12.4 Å². The van der Waals surface area contributed by atoms with Gasteiger partial charge in [0.05, 0.1) is 22.4 Å². The van der Waals surface area contributed by atoms with Gasteiger partial charge in [-0.25, -0.2) is 4.98 Å². The molecule has 0 fully saturated rings. The summed E-state index contributed by atoms with van der Waals surface area (Å²) >= 11 is 1.68. The first-order valence-electron chi connectivity index (χ1n) is 7.95. The summed E-state index contributed by atoms with van der Waals surface area (Å²) in [7, 11) is 0. The molecular weight excluding hydrogens is 310 g/mol. The molecule has 126 valence electrons. The number of nitrogens with zero attached hydrogens (tertiary/aromatic N) is 2. The predicted octanol–water partition coefficient (Wildman–Crippen LogP) is 2.57. The molecule has 5 nitrogen and oxygen atoms in total. The molecule has 0 saturated carbocycles. The first kappa shape index (κ1) is 17.8. The monoisotopic (exact) mass is 335 g/mol. The van der Waals surface area contributed by atoms with Gasteiger partial charge in [-0.05, 0) is 31.2 Å². The molecule has 0 aliphatic heterocycles. The standard InChI is InChI=1S/C17H25N3O2S/c1-4-17(22,5-2)12-18-16(21)10-20-14-9-7-6-8-13(14)19-15(20)11-23-3/h6-9,22H,4-5,10-12H2,1-3H3,(H,18,21). The lowest BCUT2D eigenvalue weighted by atomic mass is 9.98. The Bertz CT molecular complexity index is 665. The number of benzene rings is 1. The minimum absolute atomic E-state index is 0.101. The van der Waals surface area contributed by atoms with Gasteiger partial charge < -0.3 is 15.0 Å². The van der Waals surface area contributed by atoms with E-state index in [9.17, 15) is 9.90 Å². The zero-order valence-corrected chi connectivity index (χ0v) is 14.8. The quantitative estimate of drug-likeness (QED) is 0.778. The number of rotatable bonds is 8. The van der Waals surface area contributed by atoms with E-state index in [1.807, 2.05) is 48.9 Å². The molecule has 1 aromatic carbocycles. The maximum absolute atomic E-state index is 12.3. The predicted molar refractivity (Wildman–Crippen MR) is 95.5 cm³/mol. The number of amides is 1. The van der Waals surface area contributed by atoms with Gasteiger partial charge in [0.15, 0.2) is 0 Å². The number of carbonyl (C=O) groups excluding carboxylic acids is 1. The van der Waals surface area contributed by atoms with Crippen molar-refractivity contribution < 1.29 is 9.90 Å². The highest BCUT2D eigenvalue weighted by atomic mass is 32.2. The van der Waals surface area contributed by atoms with Crippen LogP contribution in [0.4, 0.5) is 0 Å². The summed E-state index contributed by atoms with van der Waals surface area (Å²) < 4.78 is 1.96. The van der Waals surface area contributed by atoms with Gasteiger partial charge >= 0.3 is 0 Å². The third-order valence-corrected chi connectivity index (χ3v) is 4.79. The molecule has 0 aliphatic rings. The van der Waals surface area contributed by atoms with E-state index in [0.29, 0.717) is 12.8 Å². The number of hydrogen-bond donors (Lipinski definition) is 2. The molecule has 1 heterocycles. The van der Waals surface area contributed by atoms with Crippen molar-refractivity contribution in [3.63, 3.8) is 0 Å². The van der Waals surface area contributed by atoms with Crippen LogP contribution in [0.3, 0.4) is 0 Å². The second-order valence-electron chi connectivity index (χ2n) is 5.74. The number of imidazole rings is 1. The average molecular weight is 335 g/mol. The van der Waals surface area contributed by atoms with Gasteiger partial charge in [0.25, 0.3) is 0 Å². The summed E-state index contributed by atoms with van der Waals surface area (Å²) in [5.74, 6) is 1.56. The molecular formula is C17H25N3O2S.